The van der Waals surface area contributed by atoms with Crippen molar-refractivity contribution in [2.75, 3.05) is 31.7 Å². The van der Waals surface area contributed by atoms with Gasteiger partial charge in [0.1, 0.15) is 12.1 Å². The second-order valence-electron chi connectivity index (χ2n) is 4.66. The van der Waals surface area contributed by atoms with Gasteiger partial charge in [-0.2, -0.15) is 14.6 Å². The summed E-state index contributed by atoms with van der Waals surface area (Å²) in [7, 11) is 1.54. The van der Waals surface area contributed by atoms with Crippen LogP contribution in [0.3, 0.4) is 0 Å². The molecule has 0 saturated carbocycles. The number of rotatable bonds is 8. The Labute approximate surface area is 121 Å². The van der Waals surface area contributed by atoms with E-state index in [1.54, 1.807) is 18.1 Å². The van der Waals surface area contributed by atoms with Gasteiger partial charge in [0.15, 0.2) is 0 Å². The Hall–Kier alpha value is -1.83. The maximum absolute atomic E-state index is 12.8. The van der Waals surface area contributed by atoms with Crippen LogP contribution in [0.4, 0.5) is 14.6 Å². The van der Waals surface area contributed by atoms with E-state index >= 15 is 0 Å². The van der Waals surface area contributed by atoms with E-state index in [-0.39, 0.29) is 6.54 Å². The molecule has 0 N–H and O–H groups in total. The molecule has 0 radical (unpaired) electrons. The van der Waals surface area contributed by atoms with Crippen molar-refractivity contribution < 1.29 is 13.5 Å². The van der Waals surface area contributed by atoms with Crippen molar-refractivity contribution in [3.05, 3.63) is 18.1 Å². The predicted octanol–water partition coefficient (Wildman–Crippen LogP) is 1.79. The van der Waals surface area contributed by atoms with E-state index in [0.29, 0.717) is 24.7 Å². The van der Waals surface area contributed by atoms with Gasteiger partial charge in [-0.05, 0) is 6.42 Å². The lowest BCUT2D eigenvalue weighted by atomic mass is 10.2. The molecule has 21 heavy (non-hydrogen) atoms. The molecular formula is C13H19F2N5O. The van der Waals surface area contributed by atoms with Crippen molar-refractivity contribution >= 4 is 11.6 Å². The Bertz CT molecular complexity index is 575. The lowest BCUT2D eigenvalue weighted by Crippen LogP contribution is -2.33. The Kier molecular flexibility index (Phi) is 5.38. The van der Waals surface area contributed by atoms with Crippen LogP contribution >= 0.6 is 0 Å². The minimum Gasteiger partial charge on any atom is -0.383 e. The molecule has 0 saturated heterocycles. The highest BCUT2D eigenvalue weighted by Gasteiger charge is 2.18. The van der Waals surface area contributed by atoms with Crippen molar-refractivity contribution in [3.8, 4) is 0 Å². The molecule has 0 unspecified atom stereocenters. The third kappa shape index (κ3) is 3.84. The number of anilines is 1. The minimum atomic E-state index is -2.44. The number of nitrogens with zero attached hydrogens (tertiary/aromatic N) is 5. The second kappa shape index (κ2) is 7.26. The third-order valence-electron chi connectivity index (χ3n) is 3.04. The zero-order chi connectivity index (χ0) is 15.2. The van der Waals surface area contributed by atoms with Gasteiger partial charge in [-0.3, -0.25) is 0 Å². The average Bonchev–Trinajstić information content (AvgIpc) is 2.91. The number of methoxy groups -OCH3 is 1. The third-order valence-corrected chi connectivity index (χ3v) is 3.04. The normalized spacial score (nSPS) is 11.5. The number of aryl methyl sites for hydroxylation is 1. The average molecular weight is 299 g/mol. The minimum absolute atomic E-state index is 0.353. The topological polar surface area (TPSA) is 55.6 Å². The highest BCUT2D eigenvalue weighted by atomic mass is 19.3. The molecule has 0 spiro atoms. The fourth-order valence-electron chi connectivity index (χ4n) is 2.12. The number of hydrogen-bond donors (Lipinski definition) is 0. The number of halogens is 2. The van der Waals surface area contributed by atoms with E-state index in [2.05, 4.69) is 15.1 Å². The highest BCUT2D eigenvalue weighted by Crippen LogP contribution is 2.18. The standard InChI is InChI=1S/C13H19F2N5O/c1-3-4-10-7-12(20-13(18-10)16-9-17-20)19(5-6-21-2)8-11(14)15/h7,9,11H,3-6,8H2,1-2H3. The van der Waals surface area contributed by atoms with Crippen LogP contribution in [0.25, 0.3) is 5.78 Å². The van der Waals surface area contributed by atoms with Crippen LogP contribution in [0.5, 0.6) is 0 Å². The van der Waals surface area contributed by atoms with Gasteiger partial charge in [0.2, 0.25) is 0 Å². The first-order valence-electron chi connectivity index (χ1n) is 6.87. The van der Waals surface area contributed by atoms with E-state index in [4.69, 9.17) is 4.74 Å². The summed E-state index contributed by atoms with van der Waals surface area (Å²) in [5, 5.41) is 4.07. The first-order valence-corrected chi connectivity index (χ1v) is 6.87. The fourth-order valence-corrected chi connectivity index (χ4v) is 2.12. The van der Waals surface area contributed by atoms with Gasteiger partial charge in [-0.15, -0.1) is 0 Å². The Morgan fingerprint density at radius 3 is 2.90 bits per heavy atom. The van der Waals surface area contributed by atoms with Gasteiger partial charge < -0.3 is 9.64 Å². The van der Waals surface area contributed by atoms with Crippen molar-refractivity contribution in [1.29, 1.82) is 0 Å². The number of fused-ring (bicyclic) bond motifs is 1. The summed E-state index contributed by atoms with van der Waals surface area (Å²) in [4.78, 5) is 9.98. The van der Waals surface area contributed by atoms with E-state index in [9.17, 15) is 8.78 Å². The van der Waals surface area contributed by atoms with Gasteiger partial charge in [0.05, 0.1) is 13.2 Å². The van der Waals surface area contributed by atoms with E-state index in [1.165, 1.54) is 10.8 Å². The van der Waals surface area contributed by atoms with Crippen molar-refractivity contribution in [2.24, 2.45) is 0 Å². The fraction of sp³-hybridized carbons (Fsp3) is 0.615. The van der Waals surface area contributed by atoms with Gasteiger partial charge in [-0.1, -0.05) is 13.3 Å². The molecular weight excluding hydrogens is 280 g/mol. The second-order valence-corrected chi connectivity index (χ2v) is 4.66. The molecule has 8 heteroatoms. The Balaban J connectivity index is 2.40. The van der Waals surface area contributed by atoms with Crippen molar-refractivity contribution in [3.63, 3.8) is 0 Å². The molecule has 0 aliphatic heterocycles. The molecule has 6 nitrogen and oxygen atoms in total. The number of hydrogen-bond acceptors (Lipinski definition) is 5. The zero-order valence-electron chi connectivity index (χ0n) is 12.2. The number of alkyl halides is 2. The van der Waals surface area contributed by atoms with E-state index < -0.39 is 6.43 Å². The largest absolute Gasteiger partial charge is 0.383 e. The molecule has 0 aromatic carbocycles. The zero-order valence-corrected chi connectivity index (χ0v) is 12.2. The molecule has 0 bridgehead atoms. The smallest absolute Gasteiger partial charge is 0.255 e. The van der Waals surface area contributed by atoms with Gasteiger partial charge in [0.25, 0.3) is 12.2 Å². The Morgan fingerprint density at radius 2 is 2.24 bits per heavy atom. The molecule has 2 heterocycles. The van der Waals surface area contributed by atoms with Crippen LogP contribution in [-0.4, -0.2) is 52.8 Å². The first-order chi connectivity index (χ1) is 10.2. The molecule has 2 rings (SSSR count). The van der Waals surface area contributed by atoms with Gasteiger partial charge in [0, 0.05) is 25.4 Å². The first kappa shape index (κ1) is 15.6. The summed E-state index contributed by atoms with van der Waals surface area (Å²) < 4.78 is 32.1. The quantitative estimate of drug-likeness (QED) is 0.744. The molecule has 0 fully saturated rings. The molecule has 2 aromatic rings. The molecule has 0 aliphatic carbocycles. The SMILES string of the molecule is CCCc1cc(N(CCOC)CC(F)F)n2ncnc2n1. The molecule has 0 aliphatic rings. The monoisotopic (exact) mass is 299 g/mol. The summed E-state index contributed by atoms with van der Waals surface area (Å²) in [5.41, 5.74) is 0.824. The van der Waals surface area contributed by atoms with E-state index in [1.807, 2.05) is 6.92 Å². The van der Waals surface area contributed by atoms with Crippen molar-refractivity contribution in [2.45, 2.75) is 26.2 Å². The summed E-state index contributed by atoms with van der Waals surface area (Å²) in [6.07, 6.45) is 0.619. The Morgan fingerprint density at radius 1 is 1.43 bits per heavy atom. The number of ether oxygens (including phenoxy) is 1. The van der Waals surface area contributed by atoms with Gasteiger partial charge in [-0.25, -0.2) is 13.8 Å². The van der Waals surface area contributed by atoms with Crippen LogP contribution in [0.1, 0.15) is 19.0 Å². The van der Waals surface area contributed by atoms with Crippen LogP contribution < -0.4 is 4.90 Å². The van der Waals surface area contributed by atoms with Crippen molar-refractivity contribution in [1.82, 2.24) is 19.6 Å². The maximum atomic E-state index is 12.8. The summed E-state index contributed by atoms with van der Waals surface area (Å²) in [5.74, 6) is 0.992. The molecule has 0 amide bonds. The summed E-state index contributed by atoms with van der Waals surface area (Å²) >= 11 is 0. The lowest BCUT2D eigenvalue weighted by molar-refractivity contribution is 0.148. The molecule has 2 aromatic heterocycles. The van der Waals surface area contributed by atoms with Gasteiger partial charge >= 0.3 is 0 Å². The number of aromatic nitrogens is 4. The molecule has 116 valence electrons. The van der Waals surface area contributed by atoms with Crippen LogP contribution in [-0.2, 0) is 11.2 Å². The summed E-state index contributed by atoms with van der Waals surface area (Å²) in [6, 6.07) is 1.79. The maximum Gasteiger partial charge on any atom is 0.255 e. The lowest BCUT2D eigenvalue weighted by Gasteiger charge is -2.24. The van der Waals surface area contributed by atoms with E-state index in [0.717, 1.165) is 18.5 Å². The van der Waals surface area contributed by atoms with Crippen LogP contribution in [0.2, 0.25) is 0 Å². The summed E-state index contributed by atoms with van der Waals surface area (Å²) in [6.45, 7) is 2.37. The molecule has 0 atom stereocenters. The van der Waals surface area contributed by atoms with Crippen LogP contribution in [0, 0.1) is 0 Å². The van der Waals surface area contributed by atoms with Crippen LogP contribution in [0.15, 0.2) is 12.4 Å². The predicted molar refractivity (Wildman–Crippen MR) is 74.9 cm³/mol. The highest BCUT2D eigenvalue weighted by molar-refractivity contribution is 5.47.